The van der Waals surface area contributed by atoms with Gasteiger partial charge in [-0.25, -0.2) is 4.98 Å². The SMILES string of the molecule is CN=C(NCCn1c(C)nc2ccccc21)NC1CCC(C)CC1. The van der Waals surface area contributed by atoms with Gasteiger partial charge in [-0.3, -0.25) is 4.99 Å². The second-order valence-electron chi connectivity index (χ2n) is 6.90. The average Bonchev–Trinajstić information content (AvgIpc) is 2.91. The zero-order chi connectivity index (χ0) is 16.9. The summed E-state index contributed by atoms with van der Waals surface area (Å²) >= 11 is 0. The molecular formula is C19H29N5. The monoisotopic (exact) mass is 327 g/mol. The molecular weight excluding hydrogens is 298 g/mol. The van der Waals surface area contributed by atoms with Crippen LogP contribution >= 0.6 is 0 Å². The number of aryl methyl sites for hydroxylation is 1. The molecule has 5 nitrogen and oxygen atoms in total. The average molecular weight is 327 g/mol. The van der Waals surface area contributed by atoms with Crippen LogP contribution in [0.2, 0.25) is 0 Å². The lowest BCUT2D eigenvalue weighted by Gasteiger charge is -2.28. The van der Waals surface area contributed by atoms with Crippen molar-refractivity contribution in [3.05, 3.63) is 30.1 Å². The zero-order valence-corrected chi connectivity index (χ0v) is 15.0. The highest BCUT2D eigenvalue weighted by Gasteiger charge is 2.18. The summed E-state index contributed by atoms with van der Waals surface area (Å²) in [6, 6.07) is 8.86. The molecule has 1 saturated carbocycles. The van der Waals surface area contributed by atoms with Crippen molar-refractivity contribution in [2.24, 2.45) is 10.9 Å². The maximum absolute atomic E-state index is 4.62. The topological polar surface area (TPSA) is 54.2 Å². The van der Waals surface area contributed by atoms with Crippen LogP contribution in [-0.2, 0) is 6.54 Å². The summed E-state index contributed by atoms with van der Waals surface area (Å²) in [5.41, 5.74) is 2.26. The molecule has 2 N–H and O–H groups in total. The number of aliphatic imine (C=N–C) groups is 1. The Balaban J connectivity index is 1.53. The minimum absolute atomic E-state index is 0.559. The Kier molecular flexibility index (Phi) is 5.38. The van der Waals surface area contributed by atoms with Crippen LogP contribution < -0.4 is 10.6 Å². The number of benzene rings is 1. The summed E-state index contributed by atoms with van der Waals surface area (Å²) in [5.74, 6) is 2.84. The third-order valence-electron chi connectivity index (χ3n) is 5.05. The molecule has 1 aliphatic rings. The summed E-state index contributed by atoms with van der Waals surface area (Å²) in [6.07, 6.45) is 5.12. The van der Waals surface area contributed by atoms with Crippen molar-refractivity contribution in [3.8, 4) is 0 Å². The molecule has 0 atom stereocenters. The molecule has 130 valence electrons. The Bertz CT molecular complexity index is 695. The second kappa shape index (κ2) is 7.69. The van der Waals surface area contributed by atoms with E-state index in [1.165, 1.54) is 31.2 Å². The van der Waals surface area contributed by atoms with Gasteiger partial charge in [0.15, 0.2) is 5.96 Å². The van der Waals surface area contributed by atoms with E-state index in [4.69, 9.17) is 0 Å². The number of para-hydroxylation sites is 2. The predicted octanol–water partition coefficient (Wildman–Crippen LogP) is 3.09. The molecule has 24 heavy (non-hydrogen) atoms. The fourth-order valence-corrected chi connectivity index (χ4v) is 3.56. The first-order chi connectivity index (χ1) is 11.7. The zero-order valence-electron chi connectivity index (χ0n) is 15.0. The minimum Gasteiger partial charge on any atom is -0.355 e. The maximum atomic E-state index is 4.62. The number of guanidine groups is 1. The van der Waals surface area contributed by atoms with Gasteiger partial charge in [0, 0.05) is 26.2 Å². The molecule has 0 amide bonds. The van der Waals surface area contributed by atoms with E-state index in [1.54, 1.807) is 0 Å². The molecule has 0 unspecified atom stereocenters. The number of nitrogens with one attached hydrogen (secondary N) is 2. The molecule has 0 bridgehead atoms. The van der Waals surface area contributed by atoms with Crippen LogP contribution in [0.1, 0.15) is 38.4 Å². The van der Waals surface area contributed by atoms with Crippen molar-refractivity contribution in [2.75, 3.05) is 13.6 Å². The lowest BCUT2D eigenvalue weighted by Crippen LogP contribution is -2.45. The van der Waals surface area contributed by atoms with Crippen LogP contribution in [0.5, 0.6) is 0 Å². The standard InChI is InChI=1S/C19H29N5/c1-14-8-10-16(11-9-14)23-19(20-3)21-12-13-24-15(2)22-17-6-4-5-7-18(17)24/h4-7,14,16H,8-13H2,1-3H3,(H2,20,21,23). The van der Waals surface area contributed by atoms with Crippen molar-refractivity contribution >= 4 is 17.0 Å². The summed E-state index contributed by atoms with van der Waals surface area (Å²) in [7, 11) is 1.85. The number of rotatable bonds is 4. The van der Waals surface area contributed by atoms with Crippen molar-refractivity contribution in [1.82, 2.24) is 20.2 Å². The number of imidazole rings is 1. The van der Waals surface area contributed by atoms with Gasteiger partial charge < -0.3 is 15.2 Å². The molecule has 0 aliphatic heterocycles. The Labute approximate surface area is 144 Å². The van der Waals surface area contributed by atoms with Gasteiger partial charge in [0.25, 0.3) is 0 Å². The van der Waals surface area contributed by atoms with Crippen molar-refractivity contribution < 1.29 is 0 Å². The molecule has 2 aromatic rings. The summed E-state index contributed by atoms with van der Waals surface area (Å²) < 4.78 is 2.26. The second-order valence-corrected chi connectivity index (χ2v) is 6.90. The van der Waals surface area contributed by atoms with Gasteiger partial charge in [0.2, 0.25) is 0 Å². The van der Waals surface area contributed by atoms with Crippen LogP contribution in [0.25, 0.3) is 11.0 Å². The molecule has 5 heteroatoms. The van der Waals surface area contributed by atoms with E-state index in [0.717, 1.165) is 36.3 Å². The minimum atomic E-state index is 0.559. The smallest absolute Gasteiger partial charge is 0.191 e. The molecule has 0 spiro atoms. The summed E-state index contributed by atoms with van der Waals surface area (Å²) in [4.78, 5) is 9.00. The molecule has 1 aliphatic carbocycles. The molecule has 3 rings (SSSR count). The van der Waals surface area contributed by atoms with Gasteiger partial charge in [-0.15, -0.1) is 0 Å². The third kappa shape index (κ3) is 3.89. The number of nitrogens with zero attached hydrogens (tertiary/aromatic N) is 3. The van der Waals surface area contributed by atoms with E-state index in [1.807, 2.05) is 13.1 Å². The van der Waals surface area contributed by atoms with Gasteiger partial charge in [-0.05, 0) is 50.7 Å². The highest BCUT2D eigenvalue weighted by Crippen LogP contribution is 2.23. The van der Waals surface area contributed by atoms with Crippen molar-refractivity contribution in [1.29, 1.82) is 0 Å². The molecule has 0 saturated heterocycles. The highest BCUT2D eigenvalue weighted by molar-refractivity contribution is 5.80. The van der Waals surface area contributed by atoms with E-state index in [-0.39, 0.29) is 0 Å². The van der Waals surface area contributed by atoms with Gasteiger partial charge in [-0.1, -0.05) is 19.1 Å². The van der Waals surface area contributed by atoms with E-state index in [0.29, 0.717) is 6.04 Å². The van der Waals surface area contributed by atoms with E-state index in [2.05, 4.69) is 57.2 Å². The Hall–Kier alpha value is -2.04. The number of hydrogen-bond acceptors (Lipinski definition) is 2. The van der Waals surface area contributed by atoms with Crippen LogP contribution in [0.4, 0.5) is 0 Å². The molecule has 1 heterocycles. The summed E-state index contributed by atoms with van der Waals surface area (Å²) in [6.45, 7) is 6.13. The van der Waals surface area contributed by atoms with Gasteiger partial charge in [0.1, 0.15) is 5.82 Å². The molecule has 1 aromatic carbocycles. The van der Waals surface area contributed by atoms with Crippen LogP contribution in [0, 0.1) is 12.8 Å². The highest BCUT2D eigenvalue weighted by atomic mass is 15.2. The van der Waals surface area contributed by atoms with Crippen molar-refractivity contribution in [3.63, 3.8) is 0 Å². The van der Waals surface area contributed by atoms with Crippen LogP contribution in [0.3, 0.4) is 0 Å². The normalized spacial score (nSPS) is 21.9. The Morgan fingerprint density at radius 3 is 2.75 bits per heavy atom. The van der Waals surface area contributed by atoms with Crippen molar-refractivity contribution in [2.45, 2.75) is 52.1 Å². The van der Waals surface area contributed by atoms with E-state index >= 15 is 0 Å². The fraction of sp³-hybridized carbons (Fsp3) is 0.579. The van der Waals surface area contributed by atoms with Crippen LogP contribution in [-0.4, -0.2) is 35.1 Å². The molecule has 0 radical (unpaired) electrons. The largest absolute Gasteiger partial charge is 0.355 e. The van der Waals surface area contributed by atoms with Crippen LogP contribution in [0.15, 0.2) is 29.3 Å². The van der Waals surface area contributed by atoms with E-state index < -0.39 is 0 Å². The number of hydrogen-bond donors (Lipinski definition) is 2. The summed E-state index contributed by atoms with van der Waals surface area (Å²) in [5, 5.41) is 7.02. The van der Waals surface area contributed by atoms with E-state index in [9.17, 15) is 0 Å². The Morgan fingerprint density at radius 2 is 2.00 bits per heavy atom. The fourth-order valence-electron chi connectivity index (χ4n) is 3.56. The quantitative estimate of drug-likeness (QED) is 0.670. The lowest BCUT2D eigenvalue weighted by atomic mass is 9.87. The first-order valence-corrected chi connectivity index (χ1v) is 9.06. The molecule has 1 fully saturated rings. The predicted molar refractivity (Wildman–Crippen MR) is 100 cm³/mol. The maximum Gasteiger partial charge on any atom is 0.191 e. The van der Waals surface area contributed by atoms with Gasteiger partial charge in [0.05, 0.1) is 11.0 Å². The third-order valence-corrected chi connectivity index (χ3v) is 5.05. The number of fused-ring (bicyclic) bond motifs is 1. The van der Waals surface area contributed by atoms with Gasteiger partial charge in [-0.2, -0.15) is 0 Å². The lowest BCUT2D eigenvalue weighted by molar-refractivity contribution is 0.329. The van der Waals surface area contributed by atoms with Gasteiger partial charge >= 0.3 is 0 Å². The Morgan fingerprint density at radius 1 is 1.25 bits per heavy atom. The first-order valence-electron chi connectivity index (χ1n) is 9.06. The number of aromatic nitrogens is 2. The molecule has 1 aromatic heterocycles. The first kappa shape index (κ1) is 16.8.